The van der Waals surface area contributed by atoms with Crippen molar-refractivity contribution in [2.24, 2.45) is 0 Å². The van der Waals surface area contributed by atoms with Crippen LogP contribution in [0.4, 0.5) is 4.39 Å². The van der Waals surface area contributed by atoms with Crippen LogP contribution in [0.2, 0.25) is 0 Å². The Morgan fingerprint density at radius 1 is 1.50 bits per heavy atom. The van der Waals surface area contributed by atoms with E-state index in [1.54, 1.807) is 0 Å². The van der Waals surface area contributed by atoms with Crippen LogP contribution in [0.25, 0.3) is 5.57 Å². The average Bonchev–Trinajstić information content (AvgIpc) is 2.01. The molecule has 0 amide bonds. The molecule has 0 unspecified atom stereocenters. The number of hydrogen-bond donors (Lipinski definition) is 1. The second-order valence-corrected chi connectivity index (χ2v) is 2.66. The first-order valence-electron chi connectivity index (χ1n) is 3.81. The lowest BCUT2D eigenvalue weighted by molar-refractivity contribution is 0.469. The van der Waals surface area contributed by atoms with Crippen LogP contribution in [0, 0.1) is 5.82 Å². The highest BCUT2D eigenvalue weighted by molar-refractivity contribution is 5.64. The van der Waals surface area contributed by atoms with Gasteiger partial charge in [0.1, 0.15) is 11.6 Å². The van der Waals surface area contributed by atoms with Crippen molar-refractivity contribution in [3.8, 4) is 5.75 Å². The molecule has 1 rings (SSSR count). The Labute approximate surface area is 71.2 Å². The predicted molar refractivity (Wildman–Crippen MR) is 47.4 cm³/mol. The van der Waals surface area contributed by atoms with Gasteiger partial charge in [0, 0.05) is 6.07 Å². The van der Waals surface area contributed by atoms with E-state index < -0.39 is 5.82 Å². The number of aromatic hydroxyl groups is 1. The van der Waals surface area contributed by atoms with Crippen LogP contribution < -0.4 is 0 Å². The third kappa shape index (κ3) is 1.84. The van der Waals surface area contributed by atoms with Crippen LogP contribution in [-0.2, 0) is 0 Å². The number of benzene rings is 1. The Balaban J connectivity index is 3.08. The summed E-state index contributed by atoms with van der Waals surface area (Å²) in [4.78, 5) is 0. The zero-order valence-corrected chi connectivity index (χ0v) is 6.97. The van der Waals surface area contributed by atoms with Crippen molar-refractivity contribution < 1.29 is 9.50 Å². The van der Waals surface area contributed by atoms with E-state index in [2.05, 4.69) is 6.58 Å². The lowest BCUT2D eigenvalue weighted by Gasteiger charge is -2.03. The molecular weight excluding hydrogens is 155 g/mol. The zero-order valence-electron chi connectivity index (χ0n) is 6.97. The Kier molecular flexibility index (Phi) is 2.48. The van der Waals surface area contributed by atoms with Crippen LogP contribution in [0.15, 0.2) is 24.8 Å². The Morgan fingerprint density at radius 2 is 2.17 bits per heavy atom. The molecule has 1 nitrogen and oxygen atoms in total. The van der Waals surface area contributed by atoms with E-state index in [1.165, 1.54) is 12.1 Å². The molecule has 0 spiro atoms. The van der Waals surface area contributed by atoms with Gasteiger partial charge in [-0.3, -0.25) is 0 Å². The fourth-order valence-corrected chi connectivity index (χ4v) is 0.982. The van der Waals surface area contributed by atoms with Gasteiger partial charge in [-0.1, -0.05) is 13.5 Å². The van der Waals surface area contributed by atoms with Gasteiger partial charge in [0.05, 0.1) is 0 Å². The summed E-state index contributed by atoms with van der Waals surface area (Å²) in [5.74, 6) is -0.487. The third-order valence-electron chi connectivity index (χ3n) is 1.72. The molecule has 1 N–H and O–H groups in total. The fraction of sp³-hybridized carbons (Fsp3) is 0.200. The average molecular weight is 166 g/mol. The van der Waals surface area contributed by atoms with E-state index >= 15 is 0 Å². The van der Waals surface area contributed by atoms with Crippen LogP contribution in [-0.4, -0.2) is 5.11 Å². The molecule has 0 saturated heterocycles. The maximum atomic E-state index is 12.7. The Hall–Kier alpha value is -1.31. The highest BCUT2D eigenvalue weighted by Gasteiger charge is 2.01. The quantitative estimate of drug-likeness (QED) is 0.716. The summed E-state index contributed by atoms with van der Waals surface area (Å²) < 4.78 is 12.7. The first-order valence-corrected chi connectivity index (χ1v) is 3.81. The summed E-state index contributed by atoms with van der Waals surface area (Å²) in [5, 5.41) is 9.06. The highest BCUT2D eigenvalue weighted by atomic mass is 19.1. The first-order chi connectivity index (χ1) is 5.63. The summed E-state index contributed by atoms with van der Waals surface area (Å²) in [7, 11) is 0. The molecule has 1 aromatic carbocycles. The minimum atomic E-state index is -0.431. The van der Waals surface area contributed by atoms with Crippen molar-refractivity contribution in [2.45, 2.75) is 13.3 Å². The van der Waals surface area contributed by atoms with Crippen molar-refractivity contribution in [3.63, 3.8) is 0 Å². The van der Waals surface area contributed by atoms with Crippen LogP contribution >= 0.6 is 0 Å². The number of halogens is 1. The maximum Gasteiger partial charge on any atom is 0.127 e. The van der Waals surface area contributed by atoms with E-state index in [-0.39, 0.29) is 5.75 Å². The molecule has 0 aliphatic rings. The smallest absolute Gasteiger partial charge is 0.127 e. The molecule has 0 atom stereocenters. The third-order valence-corrected chi connectivity index (χ3v) is 1.72. The molecule has 2 heteroatoms. The van der Waals surface area contributed by atoms with Crippen LogP contribution in [0.1, 0.15) is 18.9 Å². The number of hydrogen-bond acceptors (Lipinski definition) is 1. The molecule has 0 fully saturated rings. The van der Waals surface area contributed by atoms with Gasteiger partial charge in [-0.25, -0.2) is 4.39 Å². The standard InChI is InChI=1S/C10H11FO/c1-3-7(2)8-4-9(11)6-10(12)5-8/h4-6,12H,2-3H2,1H3. The van der Waals surface area contributed by atoms with Crippen LogP contribution in [0.3, 0.4) is 0 Å². The molecule has 0 aromatic heterocycles. The molecule has 64 valence electrons. The van der Waals surface area contributed by atoms with Crippen molar-refractivity contribution in [3.05, 3.63) is 36.2 Å². The fourth-order valence-electron chi connectivity index (χ4n) is 0.982. The van der Waals surface area contributed by atoms with Gasteiger partial charge < -0.3 is 5.11 Å². The number of phenols is 1. The second kappa shape index (κ2) is 3.39. The number of phenolic OH excluding ortho intramolecular Hbond substituents is 1. The number of allylic oxidation sites excluding steroid dienone is 1. The lowest BCUT2D eigenvalue weighted by atomic mass is 10.1. The number of rotatable bonds is 2. The van der Waals surface area contributed by atoms with E-state index in [9.17, 15) is 4.39 Å². The molecule has 0 radical (unpaired) electrons. The van der Waals surface area contributed by atoms with Gasteiger partial charge in [-0.05, 0) is 29.7 Å². The topological polar surface area (TPSA) is 20.2 Å². The Bertz CT molecular complexity index is 284. The van der Waals surface area contributed by atoms with E-state index in [0.717, 1.165) is 18.1 Å². The van der Waals surface area contributed by atoms with E-state index in [4.69, 9.17) is 5.11 Å². The molecular formula is C10H11FO. The summed E-state index contributed by atoms with van der Waals surface area (Å²) in [5.41, 5.74) is 1.49. The maximum absolute atomic E-state index is 12.7. The monoisotopic (exact) mass is 166 g/mol. The SMILES string of the molecule is C=C(CC)c1cc(O)cc(F)c1. The zero-order chi connectivity index (χ0) is 9.14. The van der Waals surface area contributed by atoms with Crippen molar-refractivity contribution in [1.82, 2.24) is 0 Å². The predicted octanol–water partition coefficient (Wildman–Crippen LogP) is 2.95. The van der Waals surface area contributed by atoms with Gasteiger partial charge in [0.25, 0.3) is 0 Å². The largest absolute Gasteiger partial charge is 0.508 e. The van der Waals surface area contributed by atoms with Gasteiger partial charge in [-0.2, -0.15) is 0 Å². The minimum Gasteiger partial charge on any atom is -0.508 e. The lowest BCUT2D eigenvalue weighted by Crippen LogP contribution is -1.83. The molecule has 0 saturated carbocycles. The van der Waals surface area contributed by atoms with Gasteiger partial charge in [0.15, 0.2) is 0 Å². The van der Waals surface area contributed by atoms with Crippen LogP contribution in [0.5, 0.6) is 5.75 Å². The molecule has 0 aliphatic heterocycles. The molecule has 0 aliphatic carbocycles. The van der Waals surface area contributed by atoms with Crippen molar-refractivity contribution in [1.29, 1.82) is 0 Å². The van der Waals surface area contributed by atoms with Crippen molar-refractivity contribution in [2.75, 3.05) is 0 Å². The van der Waals surface area contributed by atoms with E-state index in [0.29, 0.717) is 5.56 Å². The summed E-state index contributed by atoms with van der Waals surface area (Å²) in [6.45, 7) is 5.68. The normalized spacial score (nSPS) is 9.83. The molecule has 12 heavy (non-hydrogen) atoms. The van der Waals surface area contributed by atoms with Crippen molar-refractivity contribution >= 4 is 5.57 Å². The summed E-state index contributed by atoms with van der Waals surface area (Å²) >= 11 is 0. The molecule has 1 aromatic rings. The summed E-state index contributed by atoms with van der Waals surface area (Å²) in [6.07, 6.45) is 0.753. The molecule has 0 heterocycles. The second-order valence-electron chi connectivity index (χ2n) is 2.66. The van der Waals surface area contributed by atoms with Gasteiger partial charge >= 0.3 is 0 Å². The Morgan fingerprint density at radius 3 is 2.67 bits per heavy atom. The van der Waals surface area contributed by atoms with Gasteiger partial charge in [-0.15, -0.1) is 0 Å². The first kappa shape index (κ1) is 8.78. The summed E-state index contributed by atoms with van der Waals surface area (Å²) in [6, 6.07) is 3.95. The highest BCUT2D eigenvalue weighted by Crippen LogP contribution is 2.21. The molecule has 0 bridgehead atoms. The van der Waals surface area contributed by atoms with Gasteiger partial charge in [0.2, 0.25) is 0 Å². The minimum absolute atomic E-state index is 0.0559. The van der Waals surface area contributed by atoms with E-state index in [1.807, 2.05) is 6.92 Å².